The minimum Gasteiger partial charge on any atom is -0.298 e. The second kappa shape index (κ2) is 3.62. The Balaban J connectivity index is 3.49. The molecule has 1 aromatic carbocycles. The zero-order valence-electron chi connectivity index (χ0n) is 5.57. The first kappa shape index (κ1) is 9.80. The van der Waals surface area contributed by atoms with E-state index in [1.165, 1.54) is 0 Å². The van der Waals surface area contributed by atoms with E-state index in [4.69, 9.17) is 0 Å². The van der Waals surface area contributed by atoms with Crippen LogP contribution in [0.4, 0.5) is 8.78 Å². The Morgan fingerprint density at radius 2 is 1.83 bits per heavy atom. The van der Waals surface area contributed by atoms with Gasteiger partial charge in [0, 0.05) is 0 Å². The zero-order chi connectivity index (χ0) is 9.30. The van der Waals surface area contributed by atoms with Crippen molar-refractivity contribution in [2.75, 3.05) is 0 Å². The highest BCUT2D eigenvalue weighted by Gasteiger charge is 2.14. The second-order valence-corrected chi connectivity index (χ2v) is 3.65. The molecule has 0 aliphatic rings. The van der Waals surface area contributed by atoms with Crippen LogP contribution in [0.3, 0.4) is 0 Å². The fourth-order valence-electron chi connectivity index (χ4n) is 0.677. The number of aldehydes is 1. The summed E-state index contributed by atoms with van der Waals surface area (Å²) in [6, 6.07) is 1.09. The Morgan fingerprint density at radius 3 is 2.33 bits per heavy atom. The van der Waals surface area contributed by atoms with Crippen LogP contribution in [-0.2, 0) is 0 Å². The normalized spacial score (nSPS) is 10.0. The number of rotatable bonds is 1. The van der Waals surface area contributed by atoms with Gasteiger partial charge in [0.05, 0.1) is 14.5 Å². The van der Waals surface area contributed by atoms with Gasteiger partial charge in [-0.15, -0.1) is 0 Å². The highest BCUT2D eigenvalue weighted by molar-refractivity contribution is 9.11. The smallest absolute Gasteiger partial charge is 0.154 e. The quantitative estimate of drug-likeness (QED) is 0.442. The van der Waals surface area contributed by atoms with Gasteiger partial charge in [-0.25, -0.2) is 8.78 Å². The Bertz CT molecular complexity index is 339. The highest BCUT2D eigenvalue weighted by Crippen LogP contribution is 2.28. The van der Waals surface area contributed by atoms with Crippen molar-refractivity contribution in [3.8, 4) is 0 Å². The lowest BCUT2D eigenvalue weighted by molar-refractivity contribution is 0.111. The minimum atomic E-state index is -0.884. The van der Waals surface area contributed by atoms with Crippen LogP contribution in [-0.4, -0.2) is 6.29 Å². The molecule has 0 bridgehead atoms. The third-order valence-electron chi connectivity index (χ3n) is 1.26. The molecule has 64 valence electrons. The van der Waals surface area contributed by atoms with Gasteiger partial charge in [0.15, 0.2) is 17.9 Å². The number of carbonyl (C=O) groups excluding carboxylic acids is 1. The summed E-state index contributed by atoms with van der Waals surface area (Å²) >= 11 is 5.52. The van der Waals surface area contributed by atoms with Gasteiger partial charge in [0.25, 0.3) is 0 Å². The molecule has 0 unspecified atom stereocenters. The van der Waals surface area contributed by atoms with Crippen LogP contribution in [0.2, 0.25) is 0 Å². The van der Waals surface area contributed by atoms with E-state index in [-0.39, 0.29) is 14.5 Å². The Hall–Kier alpha value is -0.290. The molecule has 5 heteroatoms. The van der Waals surface area contributed by atoms with Crippen molar-refractivity contribution in [1.29, 1.82) is 0 Å². The van der Waals surface area contributed by atoms with Crippen LogP contribution >= 0.6 is 31.9 Å². The summed E-state index contributed by atoms with van der Waals surface area (Å²) in [5.41, 5.74) is -0.185. The van der Waals surface area contributed by atoms with Crippen LogP contribution in [0.1, 0.15) is 10.4 Å². The molecular weight excluding hydrogens is 298 g/mol. The van der Waals surface area contributed by atoms with Crippen molar-refractivity contribution in [1.82, 2.24) is 0 Å². The Kier molecular flexibility index (Phi) is 2.95. The molecule has 0 radical (unpaired) electrons. The van der Waals surface area contributed by atoms with Crippen LogP contribution in [0, 0.1) is 11.6 Å². The molecule has 0 saturated carbocycles. The standard InChI is InChI=1S/C7H2Br2F2O/c8-4-1-3(2-12)6(10)5(9)7(4)11/h1-2H. The monoisotopic (exact) mass is 298 g/mol. The number of hydrogen-bond acceptors (Lipinski definition) is 1. The maximum absolute atomic E-state index is 12.9. The molecule has 0 N–H and O–H groups in total. The average molecular weight is 300 g/mol. The third kappa shape index (κ3) is 1.56. The molecule has 0 saturated heterocycles. The Morgan fingerprint density at radius 1 is 1.25 bits per heavy atom. The van der Waals surface area contributed by atoms with Gasteiger partial charge in [0.1, 0.15) is 0 Å². The zero-order valence-corrected chi connectivity index (χ0v) is 8.75. The first-order chi connectivity index (χ1) is 5.57. The van der Waals surface area contributed by atoms with E-state index in [0.29, 0.717) is 6.29 Å². The lowest BCUT2D eigenvalue weighted by atomic mass is 10.2. The minimum absolute atomic E-state index is 0.0536. The van der Waals surface area contributed by atoms with Crippen molar-refractivity contribution < 1.29 is 13.6 Å². The molecule has 1 nitrogen and oxygen atoms in total. The van der Waals surface area contributed by atoms with Crippen LogP contribution in [0.25, 0.3) is 0 Å². The van der Waals surface area contributed by atoms with Crippen molar-refractivity contribution in [3.05, 3.63) is 32.2 Å². The molecular formula is C7H2Br2F2O. The maximum atomic E-state index is 12.9. The number of benzene rings is 1. The van der Waals surface area contributed by atoms with E-state index in [9.17, 15) is 13.6 Å². The average Bonchev–Trinajstić information content (AvgIpc) is 2.08. The van der Waals surface area contributed by atoms with Gasteiger partial charge in [-0.1, -0.05) is 0 Å². The highest BCUT2D eigenvalue weighted by atomic mass is 79.9. The van der Waals surface area contributed by atoms with Crippen molar-refractivity contribution in [2.24, 2.45) is 0 Å². The fraction of sp³-hybridized carbons (Fsp3) is 0. The maximum Gasteiger partial charge on any atom is 0.154 e. The lowest BCUT2D eigenvalue weighted by Crippen LogP contribution is -1.93. The van der Waals surface area contributed by atoms with Gasteiger partial charge in [-0.2, -0.15) is 0 Å². The van der Waals surface area contributed by atoms with E-state index in [0.717, 1.165) is 6.07 Å². The summed E-state index contributed by atoms with van der Waals surface area (Å²) < 4.78 is 25.5. The van der Waals surface area contributed by atoms with Crippen LogP contribution < -0.4 is 0 Å². The molecule has 1 rings (SSSR count). The summed E-state index contributed by atoms with van der Waals surface area (Å²) in [6.07, 6.45) is 0.324. The first-order valence-corrected chi connectivity index (χ1v) is 4.44. The van der Waals surface area contributed by atoms with Crippen molar-refractivity contribution in [2.45, 2.75) is 0 Å². The van der Waals surface area contributed by atoms with E-state index in [2.05, 4.69) is 31.9 Å². The van der Waals surface area contributed by atoms with E-state index < -0.39 is 11.6 Å². The summed E-state index contributed by atoms with van der Waals surface area (Å²) in [5, 5.41) is 0. The van der Waals surface area contributed by atoms with E-state index in [1.807, 2.05) is 0 Å². The van der Waals surface area contributed by atoms with Crippen molar-refractivity contribution in [3.63, 3.8) is 0 Å². The van der Waals surface area contributed by atoms with Crippen molar-refractivity contribution >= 4 is 38.1 Å². The first-order valence-electron chi connectivity index (χ1n) is 2.86. The van der Waals surface area contributed by atoms with E-state index >= 15 is 0 Å². The summed E-state index contributed by atoms with van der Waals surface area (Å²) in [6.45, 7) is 0. The topological polar surface area (TPSA) is 17.1 Å². The predicted octanol–water partition coefficient (Wildman–Crippen LogP) is 3.30. The molecule has 0 atom stereocenters. The largest absolute Gasteiger partial charge is 0.298 e. The molecule has 12 heavy (non-hydrogen) atoms. The molecule has 0 aliphatic carbocycles. The van der Waals surface area contributed by atoms with Gasteiger partial charge in [-0.3, -0.25) is 4.79 Å². The van der Waals surface area contributed by atoms with Crippen LogP contribution in [0.15, 0.2) is 15.0 Å². The SMILES string of the molecule is O=Cc1cc(Br)c(F)c(Br)c1F. The molecule has 0 spiro atoms. The van der Waals surface area contributed by atoms with E-state index in [1.54, 1.807) is 0 Å². The Labute approximate surface area is 84.0 Å². The second-order valence-electron chi connectivity index (χ2n) is 2.01. The lowest BCUT2D eigenvalue weighted by Gasteiger charge is -2.01. The van der Waals surface area contributed by atoms with Gasteiger partial charge in [-0.05, 0) is 37.9 Å². The molecule has 0 heterocycles. The third-order valence-corrected chi connectivity index (χ3v) is 2.53. The molecule has 1 aromatic rings. The number of halogens is 4. The van der Waals surface area contributed by atoms with Gasteiger partial charge in [0.2, 0.25) is 0 Å². The number of hydrogen-bond donors (Lipinski definition) is 0. The summed E-state index contributed by atoms with van der Waals surface area (Å²) in [7, 11) is 0. The van der Waals surface area contributed by atoms with Gasteiger partial charge >= 0.3 is 0 Å². The fourth-order valence-corrected chi connectivity index (χ4v) is 1.83. The summed E-state index contributed by atoms with van der Waals surface area (Å²) in [4.78, 5) is 10.2. The molecule has 0 amide bonds. The number of carbonyl (C=O) groups is 1. The molecule has 0 aliphatic heterocycles. The predicted molar refractivity (Wildman–Crippen MR) is 47.1 cm³/mol. The molecule has 0 fully saturated rings. The van der Waals surface area contributed by atoms with Crippen LogP contribution in [0.5, 0.6) is 0 Å². The summed E-state index contributed by atoms with van der Waals surface area (Å²) in [5.74, 6) is -1.64. The van der Waals surface area contributed by atoms with Gasteiger partial charge < -0.3 is 0 Å². The molecule has 0 aromatic heterocycles.